The van der Waals surface area contributed by atoms with Gasteiger partial charge in [0.25, 0.3) is 0 Å². The van der Waals surface area contributed by atoms with E-state index in [1.165, 1.54) is 23.5 Å². The number of nitrogens with one attached hydrogen (secondary N) is 1. The standard InChI is InChI=1S/C14H9ClF2N2S/c15-9-2-4-13-12(6-9)19-14(20-13)18-7-8-1-3-10(16)11(17)5-8/h1-6H,7H2,(H,18,19). The quantitative estimate of drug-likeness (QED) is 0.748. The van der Waals surface area contributed by atoms with Crippen molar-refractivity contribution in [1.82, 2.24) is 4.98 Å². The molecule has 0 bridgehead atoms. The fraction of sp³-hybridized carbons (Fsp3) is 0.0714. The van der Waals surface area contributed by atoms with Gasteiger partial charge in [-0.2, -0.15) is 0 Å². The van der Waals surface area contributed by atoms with Crippen molar-refractivity contribution in [2.75, 3.05) is 5.32 Å². The molecule has 0 aliphatic heterocycles. The van der Waals surface area contributed by atoms with E-state index in [1.54, 1.807) is 12.1 Å². The molecule has 1 N–H and O–H groups in total. The maximum Gasteiger partial charge on any atom is 0.184 e. The Morgan fingerprint density at radius 3 is 2.75 bits per heavy atom. The van der Waals surface area contributed by atoms with E-state index in [9.17, 15) is 8.78 Å². The molecule has 1 heterocycles. The summed E-state index contributed by atoms with van der Waals surface area (Å²) in [5.41, 5.74) is 1.47. The van der Waals surface area contributed by atoms with Crippen LogP contribution in [-0.2, 0) is 6.54 Å². The molecule has 3 rings (SSSR count). The second-order valence-corrected chi connectivity index (χ2v) is 5.70. The smallest absolute Gasteiger partial charge is 0.184 e. The van der Waals surface area contributed by atoms with Gasteiger partial charge in [0.15, 0.2) is 16.8 Å². The van der Waals surface area contributed by atoms with Gasteiger partial charge >= 0.3 is 0 Å². The zero-order valence-corrected chi connectivity index (χ0v) is 11.7. The van der Waals surface area contributed by atoms with E-state index in [4.69, 9.17) is 11.6 Å². The summed E-state index contributed by atoms with van der Waals surface area (Å²) in [5.74, 6) is -1.69. The Kier molecular flexibility index (Phi) is 3.54. The van der Waals surface area contributed by atoms with E-state index in [0.29, 0.717) is 22.3 Å². The van der Waals surface area contributed by atoms with Crippen LogP contribution < -0.4 is 5.32 Å². The number of benzene rings is 2. The van der Waals surface area contributed by atoms with Crippen LogP contribution in [0.5, 0.6) is 0 Å². The van der Waals surface area contributed by atoms with Crippen LogP contribution in [0.3, 0.4) is 0 Å². The Morgan fingerprint density at radius 1 is 1.10 bits per heavy atom. The number of rotatable bonds is 3. The predicted octanol–water partition coefficient (Wildman–Crippen LogP) is 4.84. The molecule has 0 amide bonds. The average molecular weight is 311 g/mol. The van der Waals surface area contributed by atoms with Crippen molar-refractivity contribution in [3.63, 3.8) is 0 Å². The Bertz CT molecular complexity index is 773. The van der Waals surface area contributed by atoms with Gasteiger partial charge in [0.1, 0.15) is 0 Å². The zero-order chi connectivity index (χ0) is 14.1. The maximum atomic E-state index is 13.1. The molecule has 0 fully saturated rings. The first-order chi connectivity index (χ1) is 9.61. The van der Waals surface area contributed by atoms with Gasteiger partial charge in [0.05, 0.1) is 10.2 Å². The summed E-state index contributed by atoms with van der Waals surface area (Å²) in [5, 5.41) is 4.44. The Morgan fingerprint density at radius 2 is 1.95 bits per heavy atom. The number of nitrogens with zero attached hydrogens (tertiary/aromatic N) is 1. The van der Waals surface area contributed by atoms with Crippen molar-refractivity contribution in [1.29, 1.82) is 0 Å². The number of fused-ring (bicyclic) bond motifs is 1. The predicted molar refractivity (Wildman–Crippen MR) is 78.3 cm³/mol. The molecule has 0 unspecified atom stereocenters. The molecular weight excluding hydrogens is 302 g/mol. The van der Waals surface area contributed by atoms with Crippen LogP contribution in [-0.4, -0.2) is 4.98 Å². The van der Waals surface area contributed by atoms with Crippen LogP contribution in [0.15, 0.2) is 36.4 Å². The Balaban J connectivity index is 1.77. The van der Waals surface area contributed by atoms with E-state index >= 15 is 0 Å². The Hall–Kier alpha value is -1.72. The molecule has 0 saturated carbocycles. The molecule has 2 aromatic carbocycles. The minimum Gasteiger partial charge on any atom is -0.357 e. The molecule has 6 heteroatoms. The van der Waals surface area contributed by atoms with Gasteiger partial charge in [-0.25, -0.2) is 13.8 Å². The Labute approximate surface area is 123 Å². The largest absolute Gasteiger partial charge is 0.357 e. The van der Waals surface area contributed by atoms with Gasteiger partial charge in [-0.05, 0) is 35.9 Å². The van der Waals surface area contributed by atoms with Crippen LogP contribution in [0.25, 0.3) is 10.2 Å². The van der Waals surface area contributed by atoms with Crippen LogP contribution in [0.4, 0.5) is 13.9 Å². The van der Waals surface area contributed by atoms with Gasteiger partial charge in [-0.3, -0.25) is 0 Å². The number of aromatic nitrogens is 1. The van der Waals surface area contributed by atoms with Gasteiger partial charge < -0.3 is 5.32 Å². The lowest BCUT2D eigenvalue weighted by Crippen LogP contribution is -1.99. The molecule has 0 atom stereocenters. The van der Waals surface area contributed by atoms with E-state index < -0.39 is 11.6 Å². The molecule has 0 saturated heterocycles. The summed E-state index contributed by atoms with van der Waals surface area (Å²) in [4.78, 5) is 4.38. The number of thiazole rings is 1. The highest BCUT2D eigenvalue weighted by Crippen LogP contribution is 2.28. The maximum absolute atomic E-state index is 13.1. The highest BCUT2D eigenvalue weighted by molar-refractivity contribution is 7.22. The summed E-state index contributed by atoms with van der Waals surface area (Å²) >= 11 is 7.38. The minimum absolute atomic E-state index is 0.380. The van der Waals surface area contributed by atoms with Crippen molar-refractivity contribution >= 4 is 38.3 Å². The molecular formula is C14H9ClF2N2S. The van der Waals surface area contributed by atoms with E-state index in [0.717, 1.165) is 16.3 Å². The first kappa shape index (κ1) is 13.3. The molecule has 1 aromatic heterocycles. The second kappa shape index (κ2) is 5.34. The number of hydrogen-bond donors (Lipinski definition) is 1. The minimum atomic E-state index is -0.847. The van der Waals surface area contributed by atoms with Gasteiger partial charge in [-0.1, -0.05) is 29.0 Å². The van der Waals surface area contributed by atoms with Gasteiger partial charge in [-0.15, -0.1) is 0 Å². The van der Waals surface area contributed by atoms with Crippen LogP contribution >= 0.6 is 22.9 Å². The number of hydrogen-bond acceptors (Lipinski definition) is 3. The number of anilines is 1. The fourth-order valence-corrected chi connectivity index (χ4v) is 2.81. The highest BCUT2D eigenvalue weighted by Gasteiger charge is 2.06. The lowest BCUT2D eigenvalue weighted by molar-refractivity contribution is 0.507. The highest BCUT2D eigenvalue weighted by atomic mass is 35.5. The van der Waals surface area contributed by atoms with Crippen LogP contribution in [0, 0.1) is 11.6 Å². The third-order valence-corrected chi connectivity index (χ3v) is 4.01. The first-order valence-electron chi connectivity index (χ1n) is 5.86. The third kappa shape index (κ3) is 2.73. The topological polar surface area (TPSA) is 24.9 Å². The summed E-state index contributed by atoms with van der Waals surface area (Å²) in [6, 6.07) is 9.32. The SMILES string of the molecule is Fc1ccc(CNc2nc3cc(Cl)ccc3s2)cc1F. The summed E-state index contributed by atoms with van der Waals surface area (Å²) in [7, 11) is 0. The molecule has 0 radical (unpaired) electrons. The van der Waals surface area contributed by atoms with E-state index in [-0.39, 0.29) is 0 Å². The van der Waals surface area contributed by atoms with E-state index in [2.05, 4.69) is 10.3 Å². The molecule has 0 spiro atoms. The monoisotopic (exact) mass is 310 g/mol. The summed E-state index contributed by atoms with van der Waals surface area (Å²) < 4.78 is 26.9. The average Bonchev–Trinajstić information content (AvgIpc) is 2.82. The zero-order valence-electron chi connectivity index (χ0n) is 10.2. The van der Waals surface area contributed by atoms with Gasteiger partial charge in [0.2, 0.25) is 0 Å². The van der Waals surface area contributed by atoms with Crippen LogP contribution in [0.2, 0.25) is 5.02 Å². The summed E-state index contributed by atoms with van der Waals surface area (Å²) in [6.07, 6.45) is 0. The van der Waals surface area contributed by atoms with Crippen molar-refractivity contribution in [2.24, 2.45) is 0 Å². The molecule has 0 aliphatic rings. The molecule has 0 aliphatic carbocycles. The first-order valence-corrected chi connectivity index (χ1v) is 7.05. The van der Waals surface area contributed by atoms with Crippen molar-refractivity contribution in [2.45, 2.75) is 6.54 Å². The van der Waals surface area contributed by atoms with Crippen molar-refractivity contribution in [3.05, 3.63) is 58.6 Å². The lowest BCUT2D eigenvalue weighted by Gasteiger charge is -2.03. The van der Waals surface area contributed by atoms with E-state index in [1.807, 2.05) is 6.07 Å². The number of halogens is 3. The molecule has 2 nitrogen and oxygen atoms in total. The van der Waals surface area contributed by atoms with Gasteiger partial charge in [0, 0.05) is 11.6 Å². The fourth-order valence-electron chi connectivity index (χ4n) is 1.80. The molecule has 3 aromatic rings. The second-order valence-electron chi connectivity index (χ2n) is 4.23. The summed E-state index contributed by atoms with van der Waals surface area (Å²) in [6.45, 7) is 0.380. The molecule has 102 valence electrons. The third-order valence-electron chi connectivity index (χ3n) is 2.78. The van der Waals surface area contributed by atoms with Crippen molar-refractivity contribution < 1.29 is 8.78 Å². The van der Waals surface area contributed by atoms with Crippen LogP contribution in [0.1, 0.15) is 5.56 Å². The normalized spacial score (nSPS) is 10.9. The van der Waals surface area contributed by atoms with Crippen molar-refractivity contribution in [3.8, 4) is 0 Å². The molecule has 20 heavy (non-hydrogen) atoms. The lowest BCUT2D eigenvalue weighted by atomic mass is 10.2.